The highest BCUT2D eigenvalue weighted by molar-refractivity contribution is 6.30. The van der Waals surface area contributed by atoms with Gasteiger partial charge in [0.1, 0.15) is 5.69 Å². The average Bonchev–Trinajstić information content (AvgIpc) is 2.46. The predicted molar refractivity (Wildman–Crippen MR) is 81.4 cm³/mol. The van der Waals surface area contributed by atoms with Crippen molar-refractivity contribution in [3.63, 3.8) is 0 Å². The molecule has 1 aromatic carbocycles. The van der Waals surface area contributed by atoms with Crippen molar-refractivity contribution in [3.05, 3.63) is 63.0 Å². The second kappa shape index (κ2) is 6.54. The molecule has 0 saturated carbocycles. The molecule has 6 heteroatoms. The number of nitrogens with one attached hydrogen (secondary N) is 2. The smallest absolute Gasteiger partial charge is 0.272 e. The first-order valence-electron chi connectivity index (χ1n) is 6.59. The lowest BCUT2D eigenvalue weighted by atomic mass is 9.96. The fourth-order valence-electron chi connectivity index (χ4n) is 1.99. The third kappa shape index (κ3) is 3.92. The van der Waals surface area contributed by atoms with Crippen LogP contribution in [0.5, 0.6) is 0 Å². The summed E-state index contributed by atoms with van der Waals surface area (Å²) in [5.41, 5.74) is 0.797. The average molecular weight is 306 g/mol. The molecule has 0 aliphatic rings. The van der Waals surface area contributed by atoms with E-state index in [2.05, 4.69) is 15.5 Å². The van der Waals surface area contributed by atoms with Gasteiger partial charge in [0.15, 0.2) is 0 Å². The van der Waals surface area contributed by atoms with E-state index in [1.54, 1.807) is 12.1 Å². The van der Waals surface area contributed by atoms with Crippen molar-refractivity contribution >= 4 is 17.5 Å². The number of rotatable bonds is 4. The van der Waals surface area contributed by atoms with Crippen LogP contribution >= 0.6 is 11.6 Å². The molecule has 2 rings (SSSR count). The van der Waals surface area contributed by atoms with Crippen molar-refractivity contribution in [3.8, 4) is 0 Å². The Morgan fingerprint density at radius 3 is 2.38 bits per heavy atom. The molecule has 0 spiro atoms. The summed E-state index contributed by atoms with van der Waals surface area (Å²) in [4.78, 5) is 23.2. The lowest BCUT2D eigenvalue weighted by Gasteiger charge is -2.22. The minimum atomic E-state index is -0.343. The van der Waals surface area contributed by atoms with Gasteiger partial charge in [-0.2, -0.15) is 5.10 Å². The fraction of sp³-hybridized carbons (Fsp3) is 0.267. The minimum Gasteiger partial charge on any atom is -0.344 e. The quantitative estimate of drug-likeness (QED) is 0.911. The summed E-state index contributed by atoms with van der Waals surface area (Å²) >= 11 is 5.88. The molecule has 1 aromatic heterocycles. The Bertz CT molecular complexity index is 660. The van der Waals surface area contributed by atoms with Crippen molar-refractivity contribution in [1.82, 2.24) is 15.5 Å². The van der Waals surface area contributed by atoms with Crippen molar-refractivity contribution in [1.29, 1.82) is 0 Å². The van der Waals surface area contributed by atoms with E-state index >= 15 is 0 Å². The fourth-order valence-corrected chi connectivity index (χ4v) is 2.12. The maximum Gasteiger partial charge on any atom is 0.272 e. The molecule has 2 N–H and O–H groups in total. The van der Waals surface area contributed by atoms with Crippen molar-refractivity contribution in [2.45, 2.75) is 19.9 Å². The predicted octanol–water partition coefficient (Wildman–Crippen LogP) is 2.55. The van der Waals surface area contributed by atoms with E-state index in [9.17, 15) is 9.59 Å². The first-order valence-corrected chi connectivity index (χ1v) is 6.97. The monoisotopic (exact) mass is 305 g/mol. The van der Waals surface area contributed by atoms with Gasteiger partial charge in [-0.05, 0) is 29.7 Å². The molecular weight excluding hydrogens is 290 g/mol. The van der Waals surface area contributed by atoms with Gasteiger partial charge < -0.3 is 5.32 Å². The second-order valence-corrected chi connectivity index (χ2v) is 5.49. The lowest BCUT2D eigenvalue weighted by Crippen LogP contribution is -2.32. The number of aromatic nitrogens is 2. The molecule has 0 aliphatic heterocycles. The largest absolute Gasteiger partial charge is 0.344 e. The number of amides is 1. The van der Waals surface area contributed by atoms with Crippen LogP contribution in [0, 0.1) is 5.92 Å². The van der Waals surface area contributed by atoms with Gasteiger partial charge in [0.05, 0.1) is 6.04 Å². The van der Waals surface area contributed by atoms with Crippen LogP contribution < -0.4 is 10.9 Å². The summed E-state index contributed by atoms with van der Waals surface area (Å²) in [6, 6.07) is 9.85. The first kappa shape index (κ1) is 15.3. The highest BCUT2D eigenvalue weighted by Gasteiger charge is 2.19. The van der Waals surface area contributed by atoms with E-state index in [0.717, 1.165) is 5.56 Å². The Morgan fingerprint density at radius 1 is 1.19 bits per heavy atom. The van der Waals surface area contributed by atoms with E-state index in [-0.39, 0.29) is 29.1 Å². The Labute approximate surface area is 127 Å². The molecule has 0 saturated heterocycles. The van der Waals surface area contributed by atoms with Gasteiger partial charge in [-0.15, -0.1) is 0 Å². The summed E-state index contributed by atoms with van der Waals surface area (Å²) in [6.45, 7) is 4.03. The number of benzene rings is 1. The normalized spacial score (nSPS) is 12.2. The minimum absolute atomic E-state index is 0.163. The molecule has 1 heterocycles. The SMILES string of the molecule is CC(C)C(NC(=O)c1ccc(=O)[nH]n1)c1ccc(Cl)cc1. The number of carbonyl (C=O) groups excluding carboxylic acids is 1. The summed E-state index contributed by atoms with van der Waals surface area (Å²) in [5, 5.41) is 9.54. The van der Waals surface area contributed by atoms with Gasteiger partial charge in [-0.3, -0.25) is 9.59 Å². The third-order valence-electron chi connectivity index (χ3n) is 3.09. The molecule has 0 radical (unpaired) electrons. The number of H-pyrrole nitrogens is 1. The van der Waals surface area contributed by atoms with Crippen LogP contribution in [0.15, 0.2) is 41.2 Å². The van der Waals surface area contributed by atoms with Gasteiger partial charge in [-0.1, -0.05) is 37.6 Å². The molecule has 110 valence electrons. The molecular formula is C15H16ClN3O2. The van der Waals surface area contributed by atoms with E-state index in [1.807, 2.05) is 26.0 Å². The van der Waals surface area contributed by atoms with E-state index < -0.39 is 0 Å². The highest BCUT2D eigenvalue weighted by atomic mass is 35.5. The molecule has 21 heavy (non-hydrogen) atoms. The zero-order chi connectivity index (χ0) is 15.4. The number of hydrogen-bond donors (Lipinski definition) is 2. The van der Waals surface area contributed by atoms with Gasteiger partial charge >= 0.3 is 0 Å². The van der Waals surface area contributed by atoms with Crippen molar-refractivity contribution < 1.29 is 4.79 Å². The summed E-state index contributed by atoms with van der Waals surface area (Å²) in [7, 11) is 0. The van der Waals surface area contributed by atoms with Crippen LogP contribution in [-0.2, 0) is 0 Å². The van der Waals surface area contributed by atoms with E-state index in [0.29, 0.717) is 5.02 Å². The molecule has 1 atom stereocenters. The van der Waals surface area contributed by atoms with Crippen LogP contribution in [-0.4, -0.2) is 16.1 Å². The zero-order valence-electron chi connectivity index (χ0n) is 11.8. The number of halogens is 1. The Hall–Kier alpha value is -2.14. The molecule has 2 aromatic rings. The van der Waals surface area contributed by atoms with E-state index in [4.69, 9.17) is 11.6 Å². The molecule has 1 amide bonds. The van der Waals surface area contributed by atoms with Gasteiger partial charge in [0, 0.05) is 11.1 Å². The maximum absolute atomic E-state index is 12.2. The Kier molecular flexibility index (Phi) is 4.75. The van der Waals surface area contributed by atoms with E-state index in [1.165, 1.54) is 12.1 Å². The first-order chi connectivity index (χ1) is 9.97. The summed E-state index contributed by atoms with van der Waals surface area (Å²) in [5.74, 6) is -0.141. The van der Waals surface area contributed by atoms with Crippen molar-refractivity contribution in [2.24, 2.45) is 5.92 Å². The van der Waals surface area contributed by atoms with Gasteiger partial charge in [-0.25, -0.2) is 5.10 Å². The molecule has 0 fully saturated rings. The molecule has 0 bridgehead atoms. The van der Waals surface area contributed by atoms with Gasteiger partial charge in [0.2, 0.25) is 0 Å². The molecule has 1 unspecified atom stereocenters. The molecule has 0 aliphatic carbocycles. The summed E-state index contributed by atoms with van der Waals surface area (Å²) in [6.07, 6.45) is 0. The van der Waals surface area contributed by atoms with Crippen LogP contribution in [0.3, 0.4) is 0 Å². The van der Waals surface area contributed by atoms with Crippen LogP contribution in [0.1, 0.15) is 35.9 Å². The van der Waals surface area contributed by atoms with Crippen molar-refractivity contribution in [2.75, 3.05) is 0 Å². The third-order valence-corrected chi connectivity index (χ3v) is 3.35. The standard InChI is InChI=1S/C15H16ClN3O2/c1-9(2)14(10-3-5-11(16)6-4-10)17-15(21)12-7-8-13(20)19-18-12/h3-9,14H,1-2H3,(H,17,21)(H,19,20). The van der Waals surface area contributed by atoms with Crippen LogP contribution in [0.4, 0.5) is 0 Å². The maximum atomic E-state index is 12.2. The van der Waals surface area contributed by atoms with Crippen LogP contribution in [0.2, 0.25) is 5.02 Å². The summed E-state index contributed by atoms with van der Waals surface area (Å²) < 4.78 is 0. The lowest BCUT2D eigenvalue weighted by molar-refractivity contribution is 0.0919. The number of carbonyl (C=O) groups is 1. The zero-order valence-corrected chi connectivity index (χ0v) is 12.5. The number of nitrogens with zero attached hydrogens (tertiary/aromatic N) is 1. The number of hydrogen-bond acceptors (Lipinski definition) is 3. The Morgan fingerprint density at radius 2 is 1.86 bits per heavy atom. The highest BCUT2D eigenvalue weighted by Crippen LogP contribution is 2.23. The second-order valence-electron chi connectivity index (χ2n) is 5.05. The van der Waals surface area contributed by atoms with Gasteiger partial charge in [0.25, 0.3) is 11.5 Å². The molecule has 5 nitrogen and oxygen atoms in total. The topological polar surface area (TPSA) is 74.8 Å². The number of aromatic amines is 1. The van der Waals surface area contributed by atoms with Crippen LogP contribution in [0.25, 0.3) is 0 Å². The Balaban J connectivity index is 2.20.